The predicted octanol–water partition coefficient (Wildman–Crippen LogP) is 3.11. The van der Waals surface area contributed by atoms with Gasteiger partial charge < -0.3 is 5.11 Å². The highest BCUT2D eigenvalue weighted by atomic mass is 79.9. The van der Waals surface area contributed by atoms with Gasteiger partial charge in [-0.2, -0.15) is 0 Å². The van der Waals surface area contributed by atoms with Gasteiger partial charge in [0.25, 0.3) is 0 Å². The average Bonchev–Trinajstić information content (AvgIpc) is 2.17. The van der Waals surface area contributed by atoms with Crippen LogP contribution in [0, 0.1) is 0 Å². The zero-order chi connectivity index (χ0) is 10.8. The predicted molar refractivity (Wildman–Crippen MR) is 54.9 cm³/mol. The lowest BCUT2D eigenvalue weighted by atomic mass is 9.93. The number of aliphatic carboxylic acids is 1. The van der Waals surface area contributed by atoms with Gasteiger partial charge in [-0.3, -0.25) is 0 Å². The van der Waals surface area contributed by atoms with Gasteiger partial charge in [-0.1, -0.05) is 35.0 Å². The number of rotatable bonds is 3. The van der Waals surface area contributed by atoms with Crippen molar-refractivity contribution >= 4 is 21.9 Å². The van der Waals surface area contributed by atoms with Crippen LogP contribution in [-0.2, 0) is 10.5 Å². The van der Waals surface area contributed by atoms with Crippen molar-refractivity contribution in [2.24, 2.45) is 0 Å². The Morgan fingerprint density at radius 2 is 2.00 bits per heavy atom. The summed E-state index contributed by atoms with van der Waals surface area (Å²) in [7, 11) is 0. The lowest BCUT2D eigenvalue weighted by Gasteiger charge is -2.18. The molecule has 0 radical (unpaired) electrons. The van der Waals surface area contributed by atoms with E-state index in [0.29, 0.717) is 0 Å². The summed E-state index contributed by atoms with van der Waals surface area (Å²) in [5, 5.41) is 8.77. The third-order valence-electron chi connectivity index (χ3n) is 2.13. The Balaban J connectivity index is 3.13. The van der Waals surface area contributed by atoms with Crippen LogP contribution in [-0.4, -0.2) is 11.1 Å². The first-order valence-electron chi connectivity index (χ1n) is 4.19. The molecule has 1 rings (SSSR count). The quantitative estimate of drug-likeness (QED) is 0.907. The Bertz CT molecular complexity index is 336. The molecule has 1 aromatic carbocycles. The smallest absolute Gasteiger partial charge is 0.346 e. The third-order valence-corrected chi connectivity index (χ3v) is 2.66. The van der Waals surface area contributed by atoms with E-state index in [0.717, 1.165) is 4.47 Å². The zero-order valence-corrected chi connectivity index (χ0v) is 9.21. The van der Waals surface area contributed by atoms with E-state index in [1.165, 1.54) is 19.1 Å². The fourth-order valence-electron chi connectivity index (χ4n) is 1.19. The van der Waals surface area contributed by atoms with E-state index in [4.69, 9.17) is 5.11 Å². The minimum atomic E-state index is -2.28. The summed E-state index contributed by atoms with van der Waals surface area (Å²) in [5.74, 6) is -1.44. The van der Waals surface area contributed by atoms with Gasteiger partial charge in [0.1, 0.15) is 0 Å². The van der Waals surface area contributed by atoms with E-state index in [9.17, 15) is 9.18 Å². The zero-order valence-electron chi connectivity index (χ0n) is 7.63. The summed E-state index contributed by atoms with van der Waals surface area (Å²) in [6, 6.07) is 6.20. The standard InChI is InChI=1S/C10H10BrFO2/c1-2-10(12,9(13)14)7-3-5-8(11)6-4-7/h3-6H,2H2,1H3,(H,13,14). The Morgan fingerprint density at radius 1 is 1.50 bits per heavy atom. The van der Waals surface area contributed by atoms with Crippen molar-refractivity contribution in [3.63, 3.8) is 0 Å². The molecule has 0 aliphatic rings. The maximum atomic E-state index is 13.9. The third kappa shape index (κ3) is 1.95. The molecule has 14 heavy (non-hydrogen) atoms. The fraction of sp³-hybridized carbons (Fsp3) is 0.300. The second-order valence-electron chi connectivity index (χ2n) is 2.97. The van der Waals surface area contributed by atoms with Crippen molar-refractivity contribution < 1.29 is 14.3 Å². The van der Waals surface area contributed by atoms with E-state index >= 15 is 0 Å². The monoisotopic (exact) mass is 260 g/mol. The first-order valence-corrected chi connectivity index (χ1v) is 4.98. The van der Waals surface area contributed by atoms with Gasteiger partial charge in [0.2, 0.25) is 5.67 Å². The molecule has 0 fully saturated rings. The number of benzene rings is 1. The molecule has 76 valence electrons. The molecule has 0 amide bonds. The van der Waals surface area contributed by atoms with Crippen LogP contribution in [0.25, 0.3) is 0 Å². The van der Waals surface area contributed by atoms with Gasteiger partial charge in [-0.15, -0.1) is 0 Å². The first-order chi connectivity index (χ1) is 6.50. The molecule has 0 saturated heterocycles. The van der Waals surface area contributed by atoms with Gasteiger partial charge in [-0.25, -0.2) is 9.18 Å². The number of carbonyl (C=O) groups is 1. The van der Waals surface area contributed by atoms with Gasteiger partial charge in [-0.05, 0) is 18.6 Å². The molecule has 1 aromatic rings. The second kappa shape index (κ2) is 4.09. The molecular weight excluding hydrogens is 251 g/mol. The molecule has 0 bridgehead atoms. The second-order valence-corrected chi connectivity index (χ2v) is 3.88. The highest BCUT2D eigenvalue weighted by molar-refractivity contribution is 9.10. The van der Waals surface area contributed by atoms with E-state index in [2.05, 4.69) is 15.9 Å². The number of carboxylic acid groups (broad SMARTS) is 1. The molecule has 2 nitrogen and oxygen atoms in total. The first kappa shape index (κ1) is 11.2. The van der Waals surface area contributed by atoms with Crippen LogP contribution in [0.1, 0.15) is 18.9 Å². The van der Waals surface area contributed by atoms with Crippen LogP contribution in [0.2, 0.25) is 0 Å². The van der Waals surface area contributed by atoms with E-state index < -0.39 is 11.6 Å². The lowest BCUT2D eigenvalue weighted by Crippen LogP contribution is -2.29. The maximum Gasteiger partial charge on any atom is 0.346 e. The molecular formula is C10H10BrFO2. The van der Waals surface area contributed by atoms with Crippen molar-refractivity contribution in [2.45, 2.75) is 19.0 Å². The molecule has 1 atom stereocenters. The van der Waals surface area contributed by atoms with Gasteiger partial charge in [0.15, 0.2) is 0 Å². The Hall–Kier alpha value is -0.900. The molecule has 0 spiro atoms. The number of hydrogen-bond donors (Lipinski definition) is 1. The van der Waals surface area contributed by atoms with E-state index in [1.54, 1.807) is 12.1 Å². The summed E-state index contributed by atoms with van der Waals surface area (Å²) < 4.78 is 14.7. The minimum absolute atomic E-state index is 0.0794. The van der Waals surface area contributed by atoms with Crippen molar-refractivity contribution in [1.82, 2.24) is 0 Å². The Kier molecular flexibility index (Phi) is 3.26. The molecule has 0 aromatic heterocycles. The van der Waals surface area contributed by atoms with Crippen molar-refractivity contribution in [1.29, 1.82) is 0 Å². The maximum absolute atomic E-state index is 13.9. The summed E-state index contributed by atoms with van der Waals surface area (Å²) in [6.07, 6.45) is -0.0794. The summed E-state index contributed by atoms with van der Waals surface area (Å²) >= 11 is 3.20. The van der Waals surface area contributed by atoms with Crippen LogP contribution in [0.5, 0.6) is 0 Å². The summed E-state index contributed by atoms with van der Waals surface area (Å²) in [4.78, 5) is 10.8. The Morgan fingerprint density at radius 3 is 2.36 bits per heavy atom. The van der Waals surface area contributed by atoms with E-state index in [1.807, 2.05) is 0 Å². The average molecular weight is 261 g/mol. The van der Waals surface area contributed by atoms with Crippen LogP contribution < -0.4 is 0 Å². The molecule has 4 heteroatoms. The van der Waals surface area contributed by atoms with Crippen LogP contribution in [0.3, 0.4) is 0 Å². The fourth-order valence-corrected chi connectivity index (χ4v) is 1.46. The van der Waals surface area contributed by atoms with Gasteiger partial charge in [0, 0.05) is 10.0 Å². The van der Waals surface area contributed by atoms with Crippen LogP contribution in [0.4, 0.5) is 4.39 Å². The van der Waals surface area contributed by atoms with Crippen LogP contribution in [0.15, 0.2) is 28.7 Å². The highest BCUT2D eigenvalue weighted by Crippen LogP contribution is 2.30. The molecule has 0 aliphatic carbocycles. The normalized spacial score (nSPS) is 14.8. The Labute approximate surface area is 89.9 Å². The number of halogens is 2. The van der Waals surface area contributed by atoms with Crippen molar-refractivity contribution in [3.8, 4) is 0 Å². The molecule has 0 aliphatic heterocycles. The number of hydrogen-bond acceptors (Lipinski definition) is 1. The van der Waals surface area contributed by atoms with Crippen LogP contribution >= 0.6 is 15.9 Å². The van der Waals surface area contributed by atoms with Crippen molar-refractivity contribution in [2.75, 3.05) is 0 Å². The van der Waals surface area contributed by atoms with Crippen molar-refractivity contribution in [3.05, 3.63) is 34.3 Å². The topological polar surface area (TPSA) is 37.3 Å². The summed E-state index contributed by atoms with van der Waals surface area (Å²) in [5.41, 5.74) is -2.10. The number of alkyl halides is 1. The molecule has 0 saturated carbocycles. The minimum Gasteiger partial charge on any atom is -0.479 e. The highest BCUT2D eigenvalue weighted by Gasteiger charge is 2.38. The van der Waals surface area contributed by atoms with E-state index in [-0.39, 0.29) is 12.0 Å². The SMILES string of the molecule is CCC(F)(C(=O)O)c1ccc(Br)cc1. The van der Waals surface area contributed by atoms with Gasteiger partial charge in [0.05, 0.1) is 0 Å². The van der Waals surface area contributed by atoms with Gasteiger partial charge >= 0.3 is 5.97 Å². The molecule has 1 unspecified atom stereocenters. The molecule has 0 heterocycles. The summed E-state index contributed by atoms with van der Waals surface area (Å²) in [6.45, 7) is 1.51. The largest absolute Gasteiger partial charge is 0.479 e. The number of carboxylic acids is 1. The molecule has 1 N–H and O–H groups in total. The lowest BCUT2D eigenvalue weighted by molar-refractivity contribution is -0.151.